The van der Waals surface area contributed by atoms with Crippen molar-refractivity contribution < 1.29 is 46.5 Å². The Morgan fingerprint density at radius 2 is 1.83 bits per heavy atom. The molecule has 0 atom stereocenters. The molecular weight excluding hydrogens is 227 g/mol. The van der Waals surface area contributed by atoms with E-state index in [1.807, 2.05) is 0 Å². The predicted molar refractivity (Wildman–Crippen MR) is 40.0 cm³/mol. The van der Waals surface area contributed by atoms with Gasteiger partial charge in [0.25, 0.3) is 0 Å². The van der Waals surface area contributed by atoms with Crippen molar-refractivity contribution in [3.05, 3.63) is 23.3 Å². The van der Waals surface area contributed by atoms with E-state index in [0.717, 1.165) is 6.42 Å². The smallest absolute Gasteiger partial charge is 1.00 e. The van der Waals surface area contributed by atoms with E-state index in [2.05, 4.69) is 26.0 Å². The van der Waals surface area contributed by atoms with Crippen LogP contribution in [0.3, 0.4) is 0 Å². The average Bonchev–Trinajstić information content (AvgIpc) is 2.33. The fourth-order valence-corrected chi connectivity index (χ4v) is 1.22. The van der Waals surface area contributed by atoms with Crippen LogP contribution < -0.4 is 24.8 Å². The fourth-order valence-electron chi connectivity index (χ4n) is 1.22. The molecule has 1 radical (unpaired) electrons. The van der Waals surface area contributed by atoms with Gasteiger partial charge in [-0.05, 0) is 0 Å². The van der Waals surface area contributed by atoms with Crippen molar-refractivity contribution in [2.45, 2.75) is 33.1 Å². The molecule has 0 saturated carbocycles. The Bertz CT molecular complexity index is 162. The molecule has 0 unspecified atom stereocenters. The summed E-state index contributed by atoms with van der Waals surface area (Å²) in [7, 11) is 0. The van der Waals surface area contributed by atoms with E-state index < -0.39 is 0 Å². The predicted octanol–water partition coefficient (Wildman–Crippen LogP) is -3.13. The van der Waals surface area contributed by atoms with E-state index in [0.29, 0.717) is 0 Å². The average molecular weight is 240 g/mol. The van der Waals surface area contributed by atoms with Crippen LogP contribution in [0.4, 0.5) is 0 Å². The van der Waals surface area contributed by atoms with E-state index in [-0.39, 0.29) is 46.5 Å². The molecule has 0 aliphatic heterocycles. The van der Waals surface area contributed by atoms with E-state index in [4.69, 9.17) is 0 Å². The Hall–Kier alpha value is 0.774. The van der Waals surface area contributed by atoms with E-state index in [1.165, 1.54) is 18.4 Å². The molecular formula is C9H13Cl2Ti. The second-order valence-corrected chi connectivity index (χ2v) is 2.36. The molecule has 0 spiro atoms. The number of hydrogen-bond acceptors (Lipinski definition) is 0. The van der Waals surface area contributed by atoms with Crippen LogP contribution in [0.5, 0.6) is 0 Å². The van der Waals surface area contributed by atoms with E-state index in [1.54, 1.807) is 5.57 Å². The second kappa shape index (κ2) is 9.86. The number of allylic oxidation sites excluding steroid dienone is 4. The van der Waals surface area contributed by atoms with Gasteiger partial charge in [-0.25, -0.2) is 6.08 Å². The summed E-state index contributed by atoms with van der Waals surface area (Å²) in [6, 6.07) is 0. The van der Waals surface area contributed by atoms with Gasteiger partial charge in [0.15, 0.2) is 0 Å². The molecule has 12 heavy (non-hydrogen) atoms. The van der Waals surface area contributed by atoms with Gasteiger partial charge >= 0.3 is 21.7 Å². The van der Waals surface area contributed by atoms with Crippen molar-refractivity contribution in [2.24, 2.45) is 0 Å². The van der Waals surface area contributed by atoms with Crippen molar-refractivity contribution in [1.82, 2.24) is 0 Å². The molecule has 0 bridgehead atoms. The van der Waals surface area contributed by atoms with Crippen LogP contribution >= 0.6 is 0 Å². The summed E-state index contributed by atoms with van der Waals surface area (Å²) in [6.07, 6.45) is 8.82. The third kappa shape index (κ3) is 4.72. The van der Waals surface area contributed by atoms with Gasteiger partial charge in [0.1, 0.15) is 0 Å². The van der Waals surface area contributed by atoms with Gasteiger partial charge in [-0.1, -0.05) is 26.7 Å². The topological polar surface area (TPSA) is 0 Å². The van der Waals surface area contributed by atoms with Crippen LogP contribution in [0.25, 0.3) is 0 Å². The third-order valence-electron chi connectivity index (χ3n) is 1.85. The Balaban J connectivity index is -0.000000270. The van der Waals surface area contributed by atoms with Crippen LogP contribution in [0.15, 0.2) is 17.2 Å². The third-order valence-corrected chi connectivity index (χ3v) is 1.85. The number of hydrogen-bond donors (Lipinski definition) is 0. The maximum absolute atomic E-state index is 3.23. The summed E-state index contributed by atoms with van der Waals surface area (Å²) in [6.45, 7) is 4.42. The summed E-state index contributed by atoms with van der Waals surface area (Å²) in [4.78, 5) is 0. The minimum Gasteiger partial charge on any atom is -1.00 e. The van der Waals surface area contributed by atoms with E-state index in [9.17, 15) is 0 Å². The molecule has 0 aromatic carbocycles. The summed E-state index contributed by atoms with van der Waals surface area (Å²) >= 11 is 0. The summed E-state index contributed by atoms with van der Waals surface area (Å²) in [5, 5.41) is 0. The molecule has 1 aliphatic carbocycles. The van der Waals surface area contributed by atoms with Crippen molar-refractivity contribution >= 4 is 0 Å². The standard InChI is InChI=1S/C9H13.2ClH.Ti/c1-3-8-6-5-7-9(8)4-2;;;/h6H,3-4,7H2,1-2H3;2*1H;/q-1;;;+3/p-2. The van der Waals surface area contributed by atoms with Crippen LogP contribution in [0, 0.1) is 6.08 Å². The van der Waals surface area contributed by atoms with Gasteiger partial charge in [-0.2, -0.15) is 11.1 Å². The zero-order chi connectivity index (χ0) is 6.69. The minimum atomic E-state index is 0. The summed E-state index contributed by atoms with van der Waals surface area (Å²) in [5.74, 6) is 0. The quantitative estimate of drug-likeness (QED) is 0.353. The Morgan fingerprint density at radius 1 is 1.25 bits per heavy atom. The number of halogens is 2. The molecule has 0 aromatic heterocycles. The van der Waals surface area contributed by atoms with Gasteiger partial charge in [0.2, 0.25) is 0 Å². The summed E-state index contributed by atoms with van der Waals surface area (Å²) < 4.78 is 0. The Morgan fingerprint density at radius 3 is 2.17 bits per heavy atom. The van der Waals surface area contributed by atoms with Gasteiger partial charge in [-0.3, -0.25) is 6.08 Å². The Kier molecular flexibility index (Phi) is 15.2. The first-order valence-electron chi connectivity index (χ1n) is 3.66. The molecule has 1 rings (SSSR count). The maximum atomic E-state index is 3.23. The number of rotatable bonds is 2. The van der Waals surface area contributed by atoms with Crippen molar-refractivity contribution in [3.8, 4) is 0 Å². The molecule has 0 saturated heterocycles. The van der Waals surface area contributed by atoms with Crippen molar-refractivity contribution in [2.75, 3.05) is 0 Å². The van der Waals surface area contributed by atoms with Crippen LogP contribution in [0.1, 0.15) is 33.1 Å². The first kappa shape index (κ1) is 18.5. The molecule has 3 heteroatoms. The first-order valence-corrected chi connectivity index (χ1v) is 3.66. The molecule has 0 heterocycles. The van der Waals surface area contributed by atoms with E-state index >= 15 is 0 Å². The molecule has 0 nitrogen and oxygen atoms in total. The van der Waals surface area contributed by atoms with Gasteiger partial charge in [0, 0.05) is 0 Å². The maximum Gasteiger partial charge on any atom is 3.00 e. The van der Waals surface area contributed by atoms with Crippen LogP contribution in [-0.2, 0) is 21.7 Å². The molecule has 0 amide bonds. The van der Waals surface area contributed by atoms with Crippen molar-refractivity contribution in [3.63, 3.8) is 0 Å². The SMILES string of the molecule is CCC1=C(CC)C[C-]=C1.[Cl-].[Cl-].[Ti+3]. The molecule has 0 fully saturated rings. The molecule has 0 N–H and O–H groups in total. The minimum absolute atomic E-state index is 0. The largest absolute Gasteiger partial charge is 3.00 e. The van der Waals surface area contributed by atoms with Crippen molar-refractivity contribution in [1.29, 1.82) is 0 Å². The zero-order valence-electron chi connectivity index (χ0n) is 7.45. The van der Waals surface area contributed by atoms with Crippen LogP contribution in [0.2, 0.25) is 0 Å². The fraction of sp³-hybridized carbons (Fsp3) is 0.556. The molecule has 0 aromatic rings. The van der Waals surface area contributed by atoms with Crippen LogP contribution in [-0.4, -0.2) is 0 Å². The molecule has 1 aliphatic rings. The second-order valence-electron chi connectivity index (χ2n) is 2.36. The van der Waals surface area contributed by atoms with Gasteiger partial charge in [0.05, 0.1) is 0 Å². The molecule has 67 valence electrons. The Labute approximate surface area is 103 Å². The zero-order valence-corrected chi connectivity index (χ0v) is 10.5. The normalized spacial score (nSPS) is 13.2. The monoisotopic (exact) mass is 239 g/mol. The van der Waals surface area contributed by atoms with Gasteiger partial charge in [-0.15, -0.1) is 6.42 Å². The summed E-state index contributed by atoms with van der Waals surface area (Å²) in [5.41, 5.74) is 3.09. The van der Waals surface area contributed by atoms with Gasteiger partial charge < -0.3 is 24.8 Å². The first-order chi connectivity index (χ1) is 4.38.